The number of carbonyl (C=O) groups excluding carboxylic acids is 1. The van der Waals surface area contributed by atoms with Gasteiger partial charge in [-0.3, -0.25) is 0 Å². The monoisotopic (exact) mass is 280 g/mol. The molecule has 0 bridgehead atoms. The first-order valence-electron chi connectivity index (χ1n) is 6.77. The maximum atomic E-state index is 12.1. The average molecular weight is 280 g/mol. The highest BCUT2D eigenvalue weighted by Crippen LogP contribution is 2.07. The fourth-order valence-corrected chi connectivity index (χ4v) is 2.04. The number of morpholine rings is 1. The minimum absolute atomic E-state index is 0.234. The van der Waals surface area contributed by atoms with E-state index in [0.717, 1.165) is 5.56 Å². The third-order valence-corrected chi connectivity index (χ3v) is 3.29. The largest absolute Gasteiger partial charge is 0.633 e. The van der Waals surface area contributed by atoms with Crippen LogP contribution in [0.5, 0.6) is 0 Å². The lowest BCUT2D eigenvalue weighted by Crippen LogP contribution is -2.53. The SMILES string of the molecule is O=C(NCC[N+]1([O-])CCOCC1)OCc1ccccc1. The zero-order valence-corrected chi connectivity index (χ0v) is 11.4. The van der Waals surface area contributed by atoms with Crippen molar-refractivity contribution in [2.75, 3.05) is 39.4 Å². The smallest absolute Gasteiger partial charge is 0.407 e. The number of ether oxygens (including phenoxy) is 2. The van der Waals surface area contributed by atoms with Gasteiger partial charge in [-0.15, -0.1) is 0 Å². The summed E-state index contributed by atoms with van der Waals surface area (Å²) in [6, 6.07) is 9.46. The standard InChI is InChI=1S/C14H20N2O4/c17-14(20-12-13-4-2-1-3-5-13)15-6-7-16(18)8-10-19-11-9-16/h1-5H,6-12H2,(H,15,17). The molecule has 0 unspecified atom stereocenters. The number of nitrogens with one attached hydrogen (secondary N) is 1. The normalized spacial score (nSPS) is 17.4. The summed E-state index contributed by atoms with van der Waals surface area (Å²) in [5.74, 6) is 0. The van der Waals surface area contributed by atoms with Crippen molar-refractivity contribution in [3.63, 3.8) is 0 Å². The number of nitrogens with zero attached hydrogens (tertiary/aromatic N) is 1. The predicted molar refractivity (Wildman–Crippen MR) is 73.7 cm³/mol. The lowest BCUT2D eigenvalue weighted by atomic mass is 10.2. The maximum Gasteiger partial charge on any atom is 0.407 e. The Morgan fingerprint density at radius 3 is 2.70 bits per heavy atom. The number of amides is 1. The summed E-state index contributed by atoms with van der Waals surface area (Å²) in [6.07, 6.45) is -0.492. The van der Waals surface area contributed by atoms with Gasteiger partial charge in [-0.2, -0.15) is 0 Å². The molecule has 2 rings (SSSR count). The molecule has 1 N–H and O–H groups in total. The van der Waals surface area contributed by atoms with Crippen molar-refractivity contribution < 1.29 is 18.9 Å². The molecule has 110 valence electrons. The molecule has 0 aromatic heterocycles. The van der Waals surface area contributed by atoms with Crippen LogP contribution in [-0.2, 0) is 16.1 Å². The second kappa shape index (κ2) is 7.23. The number of alkyl carbamates (subject to hydrolysis) is 1. The van der Waals surface area contributed by atoms with Crippen LogP contribution < -0.4 is 5.32 Å². The number of hydrogen-bond donors (Lipinski definition) is 1. The van der Waals surface area contributed by atoms with Gasteiger partial charge < -0.3 is 24.6 Å². The van der Waals surface area contributed by atoms with Crippen molar-refractivity contribution >= 4 is 6.09 Å². The molecular weight excluding hydrogens is 260 g/mol. The first-order chi connectivity index (χ1) is 9.68. The van der Waals surface area contributed by atoms with Gasteiger partial charge in [0, 0.05) is 0 Å². The van der Waals surface area contributed by atoms with E-state index in [-0.39, 0.29) is 11.3 Å². The number of hydrogen-bond acceptors (Lipinski definition) is 4. The Morgan fingerprint density at radius 1 is 1.30 bits per heavy atom. The molecule has 0 spiro atoms. The Labute approximate surface area is 118 Å². The molecule has 1 aromatic carbocycles. The van der Waals surface area contributed by atoms with Crippen LogP contribution in [0.15, 0.2) is 30.3 Å². The van der Waals surface area contributed by atoms with Crippen LogP contribution in [0.25, 0.3) is 0 Å². The lowest BCUT2D eigenvalue weighted by molar-refractivity contribution is -0.887. The van der Waals surface area contributed by atoms with Crippen molar-refractivity contribution in [1.82, 2.24) is 5.32 Å². The summed E-state index contributed by atoms with van der Waals surface area (Å²) in [6.45, 7) is 2.77. The van der Waals surface area contributed by atoms with Gasteiger partial charge in [0.25, 0.3) is 0 Å². The zero-order valence-electron chi connectivity index (χ0n) is 11.4. The van der Waals surface area contributed by atoms with Crippen molar-refractivity contribution in [2.24, 2.45) is 0 Å². The van der Waals surface area contributed by atoms with E-state index in [4.69, 9.17) is 9.47 Å². The van der Waals surface area contributed by atoms with Crippen LogP contribution in [0.3, 0.4) is 0 Å². The maximum absolute atomic E-state index is 12.1. The van der Waals surface area contributed by atoms with Crippen molar-refractivity contribution in [1.29, 1.82) is 0 Å². The summed E-state index contributed by atoms with van der Waals surface area (Å²) in [7, 11) is 0. The molecule has 6 heteroatoms. The molecule has 0 aliphatic carbocycles. The Hall–Kier alpha value is -1.63. The highest BCUT2D eigenvalue weighted by Gasteiger charge is 2.20. The second-order valence-corrected chi connectivity index (χ2v) is 4.83. The third kappa shape index (κ3) is 4.80. The molecule has 1 fully saturated rings. The molecule has 6 nitrogen and oxygen atoms in total. The number of rotatable bonds is 5. The van der Waals surface area contributed by atoms with E-state index in [9.17, 15) is 10.0 Å². The molecule has 0 saturated carbocycles. The van der Waals surface area contributed by atoms with Gasteiger partial charge in [-0.1, -0.05) is 30.3 Å². The van der Waals surface area contributed by atoms with Gasteiger partial charge in [-0.05, 0) is 5.56 Å². The van der Waals surface area contributed by atoms with E-state index in [1.165, 1.54) is 0 Å². The quantitative estimate of drug-likeness (QED) is 0.651. The van der Waals surface area contributed by atoms with Gasteiger partial charge >= 0.3 is 6.09 Å². The zero-order chi connectivity index (χ0) is 14.3. The van der Waals surface area contributed by atoms with Gasteiger partial charge in [0.2, 0.25) is 0 Å². The molecule has 1 aliphatic heterocycles. The van der Waals surface area contributed by atoms with Gasteiger partial charge in [0.1, 0.15) is 19.7 Å². The third-order valence-electron chi connectivity index (χ3n) is 3.29. The molecule has 0 atom stereocenters. The Bertz CT molecular complexity index is 418. The van der Waals surface area contributed by atoms with E-state index < -0.39 is 6.09 Å². The van der Waals surface area contributed by atoms with Gasteiger partial charge in [0.05, 0.1) is 26.3 Å². The topological polar surface area (TPSA) is 70.6 Å². The van der Waals surface area contributed by atoms with Crippen LogP contribution in [0, 0.1) is 5.21 Å². The molecule has 1 aromatic rings. The number of benzene rings is 1. The summed E-state index contributed by atoms with van der Waals surface area (Å²) < 4.78 is 9.91. The summed E-state index contributed by atoms with van der Waals surface area (Å²) in [5, 5.41) is 14.8. The highest BCUT2D eigenvalue weighted by molar-refractivity contribution is 5.67. The summed E-state index contributed by atoms with van der Waals surface area (Å²) in [5.41, 5.74) is 0.933. The molecule has 0 radical (unpaired) electrons. The molecule has 1 saturated heterocycles. The lowest BCUT2D eigenvalue weighted by Gasteiger charge is -2.45. The van der Waals surface area contributed by atoms with Crippen LogP contribution in [0.1, 0.15) is 5.56 Å². The number of hydroxylamine groups is 3. The fourth-order valence-electron chi connectivity index (χ4n) is 2.04. The van der Waals surface area contributed by atoms with E-state index in [0.29, 0.717) is 39.4 Å². The van der Waals surface area contributed by atoms with Crippen LogP contribution >= 0.6 is 0 Å². The summed E-state index contributed by atoms with van der Waals surface area (Å²) >= 11 is 0. The van der Waals surface area contributed by atoms with E-state index in [2.05, 4.69) is 5.32 Å². The molecule has 1 aliphatic rings. The van der Waals surface area contributed by atoms with Crippen LogP contribution in [0.4, 0.5) is 4.79 Å². The Morgan fingerprint density at radius 2 is 2.00 bits per heavy atom. The van der Waals surface area contributed by atoms with Gasteiger partial charge in [0.15, 0.2) is 0 Å². The minimum atomic E-state index is -0.492. The van der Waals surface area contributed by atoms with E-state index in [1.54, 1.807) is 0 Å². The molecule has 1 amide bonds. The molecule has 1 heterocycles. The van der Waals surface area contributed by atoms with Gasteiger partial charge in [-0.25, -0.2) is 4.79 Å². The van der Waals surface area contributed by atoms with Crippen molar-refractivity contribution in [3.05, 3.63) is 41.1 Å². The summed E-state index contributed by atoms with van der Waals surface area (Å²) in [4.78, 5) is 11.5. The van der Waals surface area contributed by atoms with Crippen LogP contribution in [-0.4, -0.2) is 50.1 Å². The van der Waals surface area contributed by atoms with E-state index >= 15 is 0 Å². The molecular formula is C14H20N2O4. The second-order valence-electron chi connectivity index (χ2n) is 4.83. The average Bonchev–Trinajstić information content (AvgIpc) is 2.47. The highest BCUT2D eigenvalue weighted by atomic mass is 16.6. The predicted octanol–water partition coefficient (Wildman–Crippen LogP) is 1.26. The Kier molecular flexibility index (Phi) is 5.34. The first-order valence-corrected chi connectivity index (χ1v) is 6.77. The first kappa shape index (κ1) is 14.8. The van der Waals surface area contributed by atoms with Crippen LogP contribution in [0.2, 0.25) is 0 Å². The number of quaternary nitrogens is 1. The van der Waals surface area contributed by atoms with E-state index in [1.807, 2.05) is 30.3 Å². The van der Waals surface area contributed by atoms with Crippen molar-refractivity contribution in [3.8, 4) is 0 Å². The Balaban J connectivity index is 1.63. The van der Waals surface area contributed by atoms with Crippen molar-refractivity contribution in [2.45, 2.75) is 6.61 Å². The molecule has 20 heavy (non-hydrogen) atoms. The number of carbonyl (C=O) groups is 1. The minimum Gasteiger partial charge on any atom is -0.633 e. The fraction of sp³-hybridized carbons (Fsp3) is 0.500.